The van der Waals surface area contributed by atoms with E-state index in [1.165, 1.54) is 38.5 Å². The molecule has 4 bridgehead atoms. The Morgan fingerprint density at radius 2 is 1.92 bits per heavy atom. The molecule has 2 heterocycles. The van der Waals surface area contributed by atoms with Crippen molar-refractivity contribution in [3.63, 3.8) is 0 Å². The van der Waals surface area contributed by atoms with Crippen molar-refractivity contribution in [1.82, 2.24) is 19.9 Å². The Labute approximate surface area is 149 Å². The van der Waals surface area contributed by atoms with Crippen LogP contribution in [0.25, 0.3) is 5.65 Å². The molecule has 0 aromatic carbocycles. The predicted octanol–water partition coefficient (Wildman–Crippen LogP) is 3.44. The summed E-state index contributed by atoms with van der Waals surface area (Å²) in [6.45, 7) is 0.795. The summed E-state index contributed by atoms with van der Waals surface area (Å²) in [6.07, 6.45) is 11.7. The summed E-state index contributed by atoms with van der Waals surface area (Å²) in [4.78, 5) is 17.0. The van der Waals surface area contributed by atoms with Crippen molar-refractivity contribution in [2.24, 2.45) is 23.2 Å². The molecule has 1 N–H and O–H groups in total. The maximum Gasteiger partial charge on any atom is 0.273 e. The minimum absolute atomic E-state index is 0.0943. The Morgan fingerprint density at radius 1 is 1.25 bits per heavy atom. The smallest absolute Gasteiger partial charge is 0.273 e. The number of rotatable bonds is 3. The molecule has 126 valence electrons. The van der Waals surface area contributed by atoms with Crippen molar-refractivity contribution in [3.05, 3.63) is 28.6 Å². The lowest BCUT2D eigenvalue weighted by Gasteiger charge is -2.56. The average Bonchev–Trinajstić information content (AvgIpc) is 2.89. The van der Waals surface area contributed by atoms with Gasteiger partial charge in [-0.1, -0.05) is 0 Å². The number of carbonyl (C=O) groups is 1. The zero-order valence-corrected chi connectivity index (χ0v) is 15.1. The normalized spacial score (nSPS) is 34.0. The Balaban J connectivity index is 1.34. The van der Waals surface area contributed by atoms with Crippen LogP contribution >= 0.6 is 15.9 Å². The van der Waals surface area contributed by atoms with Crippen LogP contribution in [0.2, 0.25) is 0 Å². The minimum Gasteiger partial charge on any atom is -0.350 e. The van der Waals surface area contributed by atoms with Crippen molar-refractivity contribution in [1.29, 1.82) is 0 Å². The number of aromatic nitrogens is 3. The van der Waals surface area contributed by atoms with Gasteiger partial charge >= 0.3 is 0 Å². The van der Waals surface area contributed by atoms with Crippen LogP contribution in [0, 0.1) is 23.2 Å². The molecule has 4 aliphatic carbocycles. The van der Waals surface area contributed by atoms with E-state index in [0.717, 1.165) is 24.3 Å². The van der Waals surface area contributed by atoms with Gasteiger partial charge in [-0.2, -0.15) is 5.10 Å². The van der Waals surface area contributed by atoms with Gasteiger partial charge in [0.15, 0.2) is 11.3 Å². The second kappa shape index (κ2) is 5.28. The van der Waals surface area contributed by atoms with Gasteiger partial charge in [0.25, 0.3) is 5.91 Å². The van der Waals surface area contributed by atoms with Gasteiger partial charge in [0.2, 0.25) is 0 Å². The third-order valence-electron chi connectivity index (χ3n) is 6.34. The minimum atomic E-state index is -0.0943. The Kier molecular flexibility index (Phi) is 3.27. The highest BCUT2D eigenvalue weighted by Gasteiger charge is 2.50. The molecule has 0 aliphatic heterocycles. The lowest BCUT2D eigenvalue weighted by Crippen LogP contribution is -2.51. The van der Waals surface area contributed by atoms with Crippen molar-refractivity contribution >= 4 is 27.5 Å². The second-order valence-corrected chi connectivity index (χ2v) is 8.94. The summed E-state index contributed by atoms with van der Waals surface area (Å²) >= 11 is 3.48. The van der Waals surface area contributed by atoms with Crippen LogP contribution in [0.3, 0.4) is 0 Å². The van der Waals surface area contributed by atoms with Crippen molar-refractivity contribution in [3.8, 4) is 0 Å². The van der Waals surface area contributed by atoms with Gasteiger partial charge < -0.3 is 5.32 Å². The highest BCUT2D eigenvalue weighted by molar-refractivity contribution is 9.10. The molecule has 6 rings (SSSR count). The maximum atomic E-state index is 12.7. The number of hydrogen-bond acceptors (Lipinski definition) is 3. The van der Waals surface area contributed by atoms with E-state index in [0.29, 0.717) is 21.2 Å². The zero-order valence-electron chi connectivity index (χ0n) is 13.5. The van der Waals surface area contributed by atoms with Crippen LogP contribution in [0.4, 0.5) is 0 Å². The van der Waals surface area contributed by atoms with Crippen molar-refractivity contribution < 1.29 is 4.79 Å². The van der Waals surface area contributed by atoms with Crippen LogP contribution in [-0.4, -0.2) is 27.0 Å². The molecule has 4 saturated carbocycles. The Morgan fingerprint density at radius 3 is 2.54 bits per heavy atom. The molecule has 0 atom stereocenters. The number of hydrogen-bond donors (Lipinski definition) is 1. The lowest BCUT2D eigenvalue weighted by molar-refractivity contribution is -0.0503. The topological polar surface area (TPSA) is 59.3 Å². The third-order valence-corrected chi connectivity index (χ3v) is 7.07. The number of amides is 1. The Bertz CT molecular complexity index is 779. The van der Waals surface area contributed by atoms with E-state index in [-0.39, 0.29) is 5.91 Å². The number of fused-ring (bicyclic) bond motifs is 1. The lowest BCUT2D eigenvalue weighted by atomic mass is 9.49. The highest BCUT2D eigenvalue weighted by atomic mass is 79.9. The number of nitrogens with one attached hydrogen (secondary N) is 1. The standard InChI is InChI=1S/C18H21BrN4O/c19-14-15(22-23-3-1-2-20-16(14)23)17(24)21-10-18-7-11-4-12(8-18)6-13(5-11)9-18/h1-3,11-13H,4-10H2,(H,21,24). The van der Waals surface area contributed by atoms with Gasteiger partial charge in [-0.05, 0) is 83.7 Å². The van der Waals surface area contributed by atoms with Crippen LogP contribution < -0.4 is 5.32 Å². The summed E-state index contributed by atoms with van der Waals surface area (Å²) in [6, 6.07) is 1.81. The van der Waals surface area contributed by atoms with E-state index in [2.05, 4.69) is 31.3 Å². The fourth-order valence-corrected chi connectivity index (χ4v) is 6.41. The van der Waals surface area contributed by atoms with E-state index in [1.807, 2.05) is 12.3 Å². The first kappa shape index (κ1) is 14.9. The summed E-state index contributed by atoms with van der Waals surface area (Å²) in [5, 5.41) is 7.56. The van der Waals surface area contributed by atoms with Crippen molar-refractivity contribution in [2.45, 2.75) is 38.5 Å². The first-order chi connectivity index (χ1) is 11.6. The summed E-state index contributed by atoms with van der Waals surface area (Å²) in [5.41, 5.74) is 1.45. The first-order valence-corrected chi connectivity index (χ1v) is 9.68. The average molecular weight is 389 g/mol. The molecular weight excluding hydrogens is 368 g/mol. The third kappa shape index (κ3) is 2.30. The van der Waals surface area contributed by atoms with Crippen molar-refractivity contribution in [2.75, 3.05) is 6.54 Å². The van der Waals surface area contributed by atoms with Gasteiger partial charge in [0.05, 0.1) is 4.47 Å². The monoisotopic (exact) mass is 388 g/mol. The second-order valence-electron chi connectivity index (χ2n) is 8.15. The van der Waals surface area contributed by atoms with E-state index in [4.69, 9.17) is 0 Å². The first-order valence-electron chi connectivity index (χ1n) is 8.89. The predicted molar refractivity (Wildman–Crippen MR) is 93.6 cm³/mol. The maximum absolute atomic E-state index is 12.7. The molecule has 6 heteroatoms. The van der Waals surface area contributed by atoms with Crippen LogP contribution in [0.1, 0.15) is 49.0 Å². The molecule has 24 heavy (non-hydrogen) atoms. The molecule has 2 aromatic heterocycles. The van der Waals surface area contributed by atoms with Gasteiger partial charge in [0, 0.05) is 18.9 Å². The summed E-state index contributed by atoms with van der Waals surface area (Å²) in [5.74, 6) is 2.61. The Hall–Kier alpha value is -1.43. The SMILES string of the molecule is O=C(NCC12CC3CC(CC(C3)C1)C2)c1nn2cccnc2c1Br. The number of carbonyl (C=O) groups excluding carboxylic acids is 1. The van der Waals surface area contributed by atoms with Crippen LogP contribution in [0.15, 0.2) is 22.9 Å². The van der Waals surface area contributed by atoms with E-state index in [9.17, 15) is 4.79 Å². The molecule has 1 amide bonds. The highest BCUT2D eigenvalue weighted by Crippen LogP contribution is 2.59. The molecule has 0 saturated heterocycles. The summed E-state index contributed by atoms with van der Waals surface area (Å²) in [7, 11) is 0. The zero-order chi connectivity index (χ0) is 16.3. The molecule has 4 fully saturated rings. The largest absolute Gasteiger partial charge is 0.350 e. The molecule has 0 spiro atoms. The molecule has 0 unspecified atom stereocenters. The molecule has 2 aromatic rings. The van der Waals surface area contributed by atoms with Crippen LogP contribution in [-0.2, 0) is 0 Å². The quantitative estimate of drug-likeness (QED) is 0.875. The van der Waals surface area contributed by atoms with E-state index in [1.54, 1.807) is 10.7 Å². The molecular formula is C18H21BrN4O. The van der Waals surface area contributed by atoms with Gasteiger partial charge in [-0.15, -0.1) is 0 Å². The number of halogens is 1. The molecule has 0 radical (unpaired) electrons. The number of nitrogens with zero attached hydrogens (tertiary/aromatic N) is 3. The fourth-order valence-electron chi connectivity index (χ4n) is 5.86. The van der Waals surface area contributed by atoms with Gasteiger partial charge in [0.1, 0.15) is 0 Å². The van der Waals surface area contributed by atoms with Gasteiger partial charge in [-0.3, -0.25) is 4.79 Å². The fraction of sp³-hybridized carbons (Fsp3) is 0.611. The van der Waals surface area contributed by atoms with E-state index >= 15 is 0 Å². The van der Waals surface area contributed by atoms with Gasteiger partial charge in [-0.25, -0.2) is 9.50 Å². The molecule has 4 aliphatic rings. The molecule has 5 nitrogen and oxygen atoms in total. The van der Waals surface area contributed by atoms with E-state index < -0.39 is 0 Å². The summed E-state index contributed by atoms with van der Waals surface area (Å²) < 4.78 is 2.31. The van der Waals surface area contributed by atoms with Crippen LogP contribution in [0.5, 0.6) is 0 Å².